The molecule has 5 heteroatoms. The molecule has 0 spiro atoms. The second kappa shape index (κ2) is 6.24. The first-order chi connectivity index (χ1) is 9.97. The first-order valence-electron chi connectivity index (χ1n) is 7.45. The fourth-order valence-corrected chi connectivity index (χ4v) is 2.36. The third-order valence-corrected chi connectivity index (χ3v) is 3.73. The summed E-state index contributed by atoms with van der Waals surface area (Å²) < 4.78 is 11.1. The number of benzene rings is 1. The lowest BCUT2D eigenvalue weighted by Gasteiger charge is -2.31. The molecule has 1 N–H and O–H groups in total. The van der Waals surface area contributed by atoms with Crippen molar-refractivity contribution in [2.75, 3.05) is 26.3 Å². The van der Waals surface area contributed by atoms with Gasteiger partial charge in [0.05, 0.1) is 5.54 Å². The Labute approximate surface area is 126 Å². The molecule has 1 aliphatic rings. The summed E-state index contributed by atoms with van der Waals surface area (Å²) in [7, 11) is 0. The van der Waals surface area contributed by atoms with Gasteiger partial charge >= 0.3 is 6.03 Å². The monoisotopic (exact) mass is 292 g/mol. The minimum Gasteiger partial charge on any atom is -0.486 e. The van der Waals surface area contributed by atoms with Crippen LogP contribution in [0.1, 0.15) is 33.3 Å². The highest BCUT2D eigenvalue weighted by Gasteiger charge is 2.26. The van der Waals surface area contributed by atoms with Crippen molar-refractivity contribution in [3.05, 3.63) is 23.8 Å². The molecule has 0 fully saturated rings. The van der Waals surface area contributed by atoms with Gasteiger partial charge in [0, 0.05) is 13.1 Å². The molecule has 1 aliphatic heterocycles. The SMILES string of the molecule is CCN(CC)C(=O)NC(C)(C)c1ccc2c(c1)OCCO2. The number of amides is 2. The molecule has 2 amide bonds. The fraction of sp³-hybridized carbons (Fsp3) is 0.562. The van der Waals surface area contributed by atoms with E-state index in [1.807, 2.05) is 45.9 Å². The summed E-state index contributed by atoms with van der Waals surface area (Å²) in [6, 6.07) is 5.75. The molecule has 21 heavy (non-hydrogen) atoms. The first kappa shape index (κ1) is 15.5. The van der Waals surface area contributed by atoms with E-state index in [1.54, 1.807) is 4.90 Å². The Bertz CT molecular complexity index is 510. The van der Waals surface area contributed by atoms with Crippen molar-refractivity contribution in [2.24, 2.45) is 0 Å². The number of ether oxygens (including phenoxy) is 2. The van der Waals surface area contributed by atoms with E-state index in [1.165, 1.54) is 0 Å². The molecule has 0 unspecified atom stereocenters. The molecule has 116 valence electrons. The maximum Gasteiger partial charge on any atom is 0.318 e. The van der Waals surface area contributed by atoms with Crippen LogP contribution in [0.15, 0.2) is 18.2 Å². The summed E-state index contributed by atoms with van der Waals surface area (Å²) in [4.78, 5) is 14.0. The summed E-state index contributed by atoms with van der Waals surface area (Å²) in [5.74, 6) is 1.50. The molecule has 0 aliphatic carbocycles. The van der Waals surface area contributed by atoms with Crippen molar-refractivity contribution in [3.8, 4) is 11.5 Å². The van der Waals surface area contributed by atoms with Crippen molar-refractivity contribution in [3.63, 3.8) is 0 Å². The Balaban J connectivity index is 2.17. The van der Waals surface area contributed by atoms with Gasteiger partial charge in [0.1, 0.15) is 13.2 Å². The predicted molar refractivity (Wildman–Crippen MR) is 81.9 cm³/mol. The van der Waals surface area contributed by atoms with Gasteiger partial charge in [0.15, 0.2) is 11.5 Å². The Morgan fingerprint density at radius 3 is 2.43 bits per heavy atom. The first-order valence-corrected chi connectivity index (χ1v) is 7.45. The average Bonchev–Trinajstić information content (AvgIpc) is 2.47. The van der Waals surface area contributed by atoms with Gasteiger partial charge in [0.25, 0.3) is 0 Å². The van der Waals surface area contributed by atoms with E-state index in [0.29, 0.717) is 26.3 Å². The number of hydrogen-bond donors (Lipinski definition) is 1. The van der Waals surface area contributed by atoms with Crippen LogP contribution in [0.2, 0.25) is 0 Å². The summed E-state index contributed by atoms with van der Waals surface area (Å²) in [6.45, 7) is 10.4. The number of nitrogens with zero attached hydrogens (tertiary/aromatic N) is 1. The van der Waals surface area contributed by atoms with Crippen molar-refractivity contribution < 1.29 is 14.3 Å². The Kier molecular flexibility index (Phi) is 4.60. The fourth-order valence-electron chi connectivity index (χ4n) is 2.36. The van der Waals surface area contributed by atoms with Gasteiger partial charge in [-0.2, -0.15) is 0 Å². The molecule has 0 atom stereocenters. The number of rotatable bonds is 4. The quantitative estimate of drug-likeness (QED) is 0.928. The lowest BCUT2D eigenvalue weighted by molar-refractivity contribution is 0.170. The van der Waals surface area contributed by atoms with Crippen LogP contribution >= 0.6 is 0 Å². The second-order valence-corrected chi connectivity index (χ2v) is 5.59. The highest BCUT2D eigenvalue weighted by Crippen LogP contribution is 2.34. The van der Waals surface area contributed by atoms with E-state index >= 15 is 0 Å². The summed E-state index contributed by atoms with van der Waals surface area (Å²) in [5.41, 5.74) is 0.516. The molecule has 1 heterocycles. The highest BCUT2D eigenvalue weighted by atomic mass is 16.6. The zero-order chi connectivity index (χ0) is 15.5. The van der Waals surface area contributed by atoms with Crippen LogP contribution in [0, 0.1) is 0 Å². The molecular formula is C16H24N2O3. The van der Waals surface area contributed by atoms with E-state index in [4.69, 9.17) is 9.47 Å². The van der Waals surface area contributed by atoms with Crippen LogP contribution in [0.3, 0.4) is 0 Å². The average molecular weight is 292 g/mol. The molecule has 0 bridgehead atoms. The minimum atomic E-state index is -0.477. The summed E-state index contributed by atoms with van der Waals surface area (Å²) in [5, 5.41) is 3.07. The van der Waals surface area contributed by atoms with Crippen molar-refractivity contribution >= 4 is 6.03 Å². The summed E-state index contributed by atoms with van der Waals surface area (Å²) in [6.07, 6.45) is 0. The lowest BCUT2D eigenvalue weighted by Crippen LogP contribution is -2.48. The molecule has 1 aromatic rings. The minimum absolute atomic E-state index is 0.0557. The van der Waals surface area contributed by atoms with Gasteiger partial charge in [-0.1, -0.05) is 6.07 Å². The van der Waals surface area contributed by atoms with Crippen LogP contribution in [0.5, 0.6) is 11.5 Å². The second-order valence-electron chi connectivity index (χ2n) is 5.59. The van der Waals surface area contributed by atoms with Crippen molar-refractivity contribution in [1.82, 2.24) is 10.2 Å². The Morgan fingerprint density at radius 1 is 1.19 bits per heavy atom. The third-order valence-electron chi connectivity index (χ3n) is 3.73. The zero-order valence-electron chi connectivity index (χ0n) is 13.2. The van der Waals surface area contributed by atoms with Crippen LogP contribution in [0.25, 0.3) is 0 Å². The number of hydrogen-bond acceptors (Lipinski definition) is 3. The van der Waals surface area contributed by atoms with Crippen LogP contribution in [0.4, 0.5) is 4.79 Å². The van der Waals surface area contributed by atoms with Crippen LogP contribution < -0.4 is 14.8 Å². The zero-order valence-corrected chi connectivity index (χ0v) is 13.2. The Morgan fingerprint density at radius 2 is 1.81 bits per heavy atom. The van der Waals surface area contributed by atoms with E-state index in [2.05, 4.69) is 5.32 Å². The number of carbonyl (C=O) groups excluding carboxylic acids is 1. The largest absolute Gasteiger partial charge is 0.486 e. The molecule has 0 saturated heterocycles. The van der Waals surface area contributed by atoms with Gasteiger partial charge in [-0.05, 0) is 45.4 Å². The maximum atomic E-state index is 12.2. The molecule has 0 aromatic heterocycles. The van der Waals surface area contributed by atoms with Crippen molar-refractivity contribution in [2.45, 2.75) is 33.2 Å². The van der Waals surface area contributed by atoms with E-state index in [0.717, 1.165) is 17.1 Å². The molecule has 2 rings (SSSR count). The van der Waals surface area contributed by atoms with Gasteiger partial charge in [-0.25, -0.2) is 4.79 Å². The summed E-state index contributed by atoms with van der Waals surface area (Å²) >= 11 is 0. The smallest absolute Gasteiger partial charge is 0.318 e. The van der Waals surface area contributed by atoms with E-state index in [-0.39, 0.29) is 6.03 Å². The number of fused-ring (bicyclic) bond motifs is 1. The molecule has 0 saturated carbocycles. The van der Waals surface area contributed by atoms with E-state index in [9.17, 15) is 4.79 Å². The van der Waals surface area contributed by atoms with Crippen LogP contribution in [-0.4, -0.2) is 37.2 Å². The van der Waals surface area contributed by atoms with Crippen molar-refractivity contribution in [1.29, 1.82) is 0 Å². The Hall–Kier alpha value is -1.91. The van der Waals surface area contributed by atoms with Gasteiger partial charge in [0.2, 0.25) is 0 Å². The molecular weight excluding hydrogens is 268 g/mol. The third kappa shape index (κ3) is 3.40. The van der Waals surface area contributed by atoms with Crippen LogP contribution in [-0.2, 0) is 5.54 Å². The lowest BCUT2D eigenvalue weighted by atomic mass is 9.94. The van der Waals surface area contributed by atoms with Gasteiger partial charge < -0.3 is 19.7 Å². The number of urea groups is 1. The standard InChI is InChI=1S/C16H24N2O3/c1-5-18(6-2)15(19)17-16(3,4)12-7-8-13-14(11-12)21-10-9-20-13/h7-8,11H,5-6,9-10H2,1-4H3,(H,17,19). The predicted octanol–water partition coefficient (Wildman–Crippen LogP) is 2.74. The topological polar surface area (TPSA) is 50.8 Å². The molecule has 1 aromatic carbocycles. The molecule has 5 nitrogen and oxygen atoms in total. The number of nitrogens with one attached hydrogen (secondary N) is 1. The van der Waals surface area contributed by atoms with E-state index < -0.39 is 5.54 Å². The maximum absolute atomic E-state index is 12.2. The molecule has 0 radical (unpaired) electrons. The van der Waals surface area contributed by atoms with Gasteiger partial charge in [-0.15, -0.1) is 0 Å². The van der Waals surface area contributed by atoms with Gasteiger partial charge in [-0.3, -0.25) is 0 Å². The number of carbonyl (C=O) groups is 1. The highest BCUT2D eigenvalue weighted by molar-refractivity contribution is 5.75. The normalized spacial score (nSPS) is 13.7.